The number of anilines is 1. The van der Waals surface area contributed by atoms with Gasteiger partial charge < -0.3 is 15.5 Å². The monoisotopic (exact) mass is 436 g/mol. The Labute approximate surface area is 184 Å². The Balaban J connectivity index is 1.39. The number of nitrogens with zero attached hydrogens (tertiary/aromatic N) is 4. The highest BCUT2D eigenvalue weighted by Gasteiger charge is 2.20. The molecule has 1 amide bonds. The third-order valence-corrected chi connectivity index (χ3v) is 5.90. The molecule has 2 aliphatic heterocycles. The molecule has 0 atom stereocenters. The summed E-state index contributed by atoms with van der Waals surface area (Å²) in [5.41, 5.74) is 2.56. The minimum absolute atomic E-state index is 0.221. The summed E-state index contributed by atoms with van der Waals surface area (Å²) in [5.74, 6) is 0.364. The second-order valence-corrected chi connectivity index (χ2v) is 8.01. The molecule has 9 heteroatoms. The number of benzene rings is 1. The summed E-state index contributed by atoms with van der Waals surface area (Å²) < 4.78 is 13.2. The zero-order chi connectivity index (χ0) is 21.6. The van der Waals surface area contributed by atoms with Crippen LogP contribution in [0.5, 0.6) is 0 Å². The van der Waals surface area contributed by atoms with E-state index in [-0.39, 0.29) is 11.7 Å². The van der Waals surface area contributed by atoms with Crippen molar-refractivity contribution < 1.29 is 9.18 Å². The maximum absolute atomic E-state index is 13.2. The minimum Gasteiger partial charge on any atom is -0.354 e. The van der Waals surface area contributed by atoms with Crippen molar-refractivity contribution in [1.29, 1.82) is 5.26 Å². The molecule has 2 N–H and O–H groups in total. The number of rotatable bonds is 7. The molecule has 0 radical (unpaired) electrons. The first-order valence-corrected chi connectivity index (χ1v) is 10.9. The Morgan fingerprint density at radius 1 is 1.32 bits per heavy atom. The Morgan fingerprint density at radius 2 is 2.16 bits per heavy atom. The van der Waals surface area contributed by atoms with Gasteiger partial charge in [0, 0.05) is 37.7 Å². The standard InChI is InChI=1S/C22H21FN6OS/c23-16-6-4-15(5-7-16)19-14-31-21(27-19)17(13-24)18-8-10-26-22(28-18)25-9-2-12-29-11-1-3-20(29)30/h4-8,10,14,27H,1-3,9,11-12H2,(H,25,26,28)/b21-17+. The fourth-order valence-corrected chi connectivity index (χ4v) is 4.28. The second kappa shape index (κ2) is 9.62. The molecule has 2 aliphatic rings. The maximum atomic E-state index is 13.2. The van der Waals surface area contributed by atoms with Gasteiger partial charge >= 0.3 is 0 Å². The van der Waals surface area contributed by atoms with Gasteiger partial charge in [0.1, 0.15) is 17.5 Å². The van der Waals surface area contributed by atoms with E-state index in [1.165, 1.54) is 23.9 Å². The molecule has 0 unspecified atom stereocenters. The van der Waals surface area contributed by atoms with E-state index in [0.717, 1.165) is 37.2 Å². The highest BCUT2D eigenvalue weighted by molar-refractivity contribution is 8.06. The summed E-state index contributed by atoms with van der Waals surface area (Å²) in [6.45, 7) is 2.19. The molecule has 0 bridgehead atoms. The molecule has 1 saturated heterocycles. The van der Waals surface area contributed by atoms with Gasteiger partial charge in [-0.2, -0.15) is 5.26 Å². The van der Waals surface area contributed by atoms with E-state index >= 15 is 0 Å². The molecule has 1 aromatic heterocycles. The zero-order valence-corrected chi connectivity index (χ0v) is 17.6. The first-order valence-electron chi connectivity index (χ1n) is 10.0. The zero-order valence-electron chi connectivity index (χ0n) is 16.8. The predicted molar refractivity (Wildman–Crippen MR) is 119 cm³/mol. The number of hydrogen-bond acceptors (Lipinski definition) is 7. The van der Waals surface area contributed by atoms with Crippen molar-refractivity contribution in [2.24, 2.45) is 0 Å². The van der Waals surface area contributed by atoms with Crippen LogP contribution in [0.15, 0.2) is 47.0 Å². The first kappa shape index (κ1) is 20.9. The topological polar surface area (TPSA) is 93.9 Å². The molecule has 2 aromatic rings. The van der Waals surface area contributed by atoms with Crippen LogP contribution in [0.1, 0.15) is 30.5 Å². The highest BCUT2D eigenvalue weighted by atomic mass is 32.2. The number of carbonyl (C=O) groups is 1. The molecular formula is C22H21FN6OS. The number of likely N-dealkylation sites (tertiary alicyclic amines) is 1. The van der Waals surface area contributed by atoms with Crippen LogP contribution in [0, 0.1) is 17.1 Å². The van der Waals surface area contributed by atoms with Crippen LogP contribution >= 0.6 is 11.8 Å². The van der Waals surface area contributed by atoms with E-state index in [9.17, 15) is 14.4 Å². The molecule has 0 spiro atoms. The first-order chi connectivity index (χ1) is 15.1. The Kier molecular flexibility index (Phi) is 6.48. The quantitative estimate of drug-likeness (QED) is 0.506. The second-order valence-electron chi connectivity index (χ2n) is 7.13. The van der Waals surface area contributed by atoms with Crippen LogP contribution in [0.2, 0.25) is 0 Å². The number of carbonyl (C=O) groups excluding carboxylic acids is 1. The number of halogens is 1. The van der Waals surface area contributed by atoms with Gasteiger partial charge in [0.15, 0.2) is 0 Å². The molecule has 31 heavy (non-hydrogen) atoms. The van der Waals surface area contributed by atoms with Crippen LogP contribution < -0.4 is 10.6 Å². The van der Waals surface area contributed by atoms with Crippen molar-refractivity contribution in [2.75, 3.05) is 25.0 Å². The molecule has 3 heterocycles. The van der Waals surface area contributed by atoms with Crippen molar-refractivity contribution in [3.8, 4) is 6.07 Å². The van der Waals surface area contributed by atoms with Crippen molar-refractivity contribution >= 4 is 34.9 Å². The molecule has 4 rings (SSSR count). The number of hydrogen-bond donors (Lipinski definition) is 2. The van der Waals surface area contributed by atoms with Gasteiger partial charge in [-0.05, 0) is 48.7 Å². The van der Waals surface area contributed by atoms with Crippen molar-refractivity contribution in [3.63, 3.8) is 0 Å². The van der Waals surface area contributed by atoms with Crippen LogP contribution in [0.3, 0.4) is 0 Å². The van der Waals surface area contributed by atoms with Crippen molar-refractivity contribution in [2.45, 2.75) is 19.3 Å². The van der Waals surface area contributed by atoms with E-state index in [1.807, 2.05) is 10.3 Å². The molecule has 158 valence electrons. The lowest BCUT2D eigenvalue weighted by Crippen LogP contribution is -2.27. The number of nitriles is 1. The van der Waals surface area contributed by atoms with Crippen LogP contribution in [0.25, 0.3) is 11.3 Å². The predicted octanol–water partition coefficient (Wildman–Crippen LogP) is 3.57. The largest absolute Gasteiger partial charge is 0.354 e. The van der Waals surface area contributed by atoms with Crippen LogP contribution in [-0.4, -0.2) is 40.4 Å². The molecule has 1 aromatic carbocycles. The Hall–Kier alpha value is -3.38. The Bertz CT molecular complexity index is 1080. The Morgan fingerprint density at radius 3 is 2.90 bits per heavy atom. The van der Waals surface area contributed by atoms with E-state index in [2.05, 4.69) is 26.7 Å². The number of thioether (sulfide) groups is 1. The summed E-state index contributed by atoms with van der Waals surface area (Å²) in [5, 5.41) is 18.7. The summed E-state index contributed by atoms with van der Waals surface area (Å²) >= 11 is 1.39. The molecule has 1 fully saturated rings. The van der Waals surface area contributed by atoms with Gasteiger partial charge in [-0.3, -0.25) is 4.79 Å². The number of amides is 1. The highest BCUT2D eigenvalue weighted by Crippen LogP contribution is 2.34. The summed E-state index contributed by atoms with van der Waals surface area (Å²) in [6, 6.07) is 10.1. The molecule has 0 aliphatic carbocycles. The molecular weight excluding hydrogens is 415 g/mol. The normalized spacial score (nSPS) is 17.2. The molecule has 0 saturated carbocycles. The SMILES string of the molecule is N#C/C(=C1/NC(c2ccc(F)cc2)=CS1)c1ccnc(NCCCN2CCCC2=O)n1. The van der Waals surface area contributed by atoms with Crippen molar-refractivity contribution in [1.82, 2.24) is 20.2 Å². The van der Waals surface area contributed by atoms with Gasteiger partial charge in [0.2, 0.25) is 11.9 Å². The number of aromatic nitrogens is 2. The van der Waals surface area contributed by atoms with Gasteiger partial charge in [0.25, 0.3) is 0 Å². The van der Waals surface area contributed by atoms with Crippen LogP contribution in [0.4, 0.5) is 10.3 Å². The van der Waals surface area contributed by atoms with Gasteiger partial charge in [-0.25, -0.2) is 14.4 Å². The van der Waals surface area contributed by atoms with E-state index in [4.69, 9.17) is 0 Å². The lowest BCUT2D eigenvalue weighted by molar-refractivity contribution is -0.127. The fraction of sp³-hybridized carbons (Fsp3) is 0.273. The third-order valence-electron chi connectivity index (χ3n) is 5.01. The number of allylic oxidation sites excluding steroid dienone is 1. The van der Waals surface area contributed by atoms with E-state index in [1.54, 1.807) is 24.4 Å². The van der Waals surface area contributed by atoms with Gasteiger partial charge in [-0.1, -0.05) is 11.8 Å². The van der Waals surface area contributed by atoms with Crippen LogP contribution in [-0.2, 0) is 4.79 Å². The minimum atomic E-state index is -0.295. The lowest BCUT2D eigenvalue weighted by Gasteiger charge is -2.15. The number of nitrogens with one attached hydrogen (secondary N) is 2. The average Bonchev–Trinajstić information content (AvgIpc) is 3.42. The lowest BCUT2D eigenvalue weighted by atomic mass is 10.1. The average molecular weight is 437 g/mol. The molecule has 7 nitrogen and oxygen atoms in total. The smallest absolute Gasteiger partial charge is 0.223 e. The summed E-state index contributed by atoms with van der Waals surface area (Å²) in [4.78, 5) is 22.2. The maximum Gasteiger partial charge on any atom is 0.223 e. The van der Waals surface area contributed by atoms with E-state index in [0.29, 0.717) is 35.2 Å². The van der Waals surface area contributed by atoms with E-state index < -0.39 is 0 Å². The summed E-state index contributed by atoms with van der Waals surface area (Å²) in [7, 11) is 0. The van der Waals surface area contributed by atoms with Crippen molar-refractivity contribution in [3.05, 3.63) is 64.0 Å². The van der Waals surface area contributed by atoms with Gasteiger partial charge in [0.05, 0.1) is 16.4 Å². The van der Waals surface area contributed by atoms with Gasteiger partial charge in [-0.15, -0.1) is 0 Å². The third kappa shape index (κ3) is 5.03. The summed E-state index contributed by atoms with van der Waals surface area (Å²) in [6.07, 6.45) is 4.00. The fourth-order valence-electron chi connectivity index (χ4n) is 3.41.